The lowest BCUT2D eigenvalue weighted by Gasteiger charge is -2.08. The van der Waals surface area contributed by atoms with Gasteiger partial charge in [-0.05, 0) is 67.4 Å². The first-order valence-corrected chi connectivity index (χ1v) is 10.4. The van der Waals surface area contributed by atoms with E-state index in [1.807, 2.05) is 19.1 Å². The van der Waals surface area contributed by atoms with Crippen LogP contribution in [0.2, 0.25) is 0 Å². The molecule has 0 spiro atoms. The van der Waals surface area contributed by atoms with Crippen LogP contribution in [0.25, 0.3) is 10.7 Å². The number of halogens is 3. The van der Waals surface area contributed by atoms with Gasteiger partial charge in [-0.3, -0.25) is 0 Å². The Morgan fingerprint density at radius 1 is 1.11 bits per heavy atom. The van der Waals surface area contributed by atoms with Gasteiger partial charge in [0.15, 0.2) is 5.01 Å². The van der Waals surface area contributed by atoms with Gasteiger partial charge in [-0.15, -0.1) is 22.0 Å². The van der Waals surface area contributed by atoms with Gasteiger partial charge in [0.05, 0.1) is 5.56 Å². The van der Waals surface area contributed by atoms with E-state index in [4.69, 9.17) is 0 Å². The Balaban J connectivity index is 1.37. The number of thioether (sulfide) groups is 1. The molecule has 0 radical (unpaired) electrons. The van der Waals surface area contributed by atoms with Gasteiger partial charge >= 0.3 is 6.18 Å². The Labute approximate surface area is 169 Å². The van der Waals surface area contributed by atoms with Crippen LogP contribution in [0, 0.1) is 6.92 Å². The van der Waals surface area contributed by atoms with Gasteiger partial charge in [-0.1, -0.05) is 6.07 Å². The SMILES string of the molecule is Cc1nsc(-c2ccc(NCCCCSc3cccc(C(F)(F)F)c3)nn2)n1. The highest BCUT2D eigenvalue weighted by Gasteiger charge is 2.30. The minimum absolute atomic E-state index is 0.607. The first-order valence-electron chi connectivity index (χ1n) is 8.60. The summed E-state index contributed by atoms with van der Waals surface area (Å²) < 4.78 is 42.2. The molecule has 0 unspecified atom stereocenters. The number of benzene rings is 1. The van der Waals surface area contributed by atoms with E-state index in [9.17, 15) is 13.2 Å². The standard InChI is InChI=1S/C18H18F3N5S2/c1-12-23-17(28-26-12)15-7-8-16(25-24-15)22-9-2-3-10-27-14-6-4-5-13(11-14)18(19,20)21/h4-8,11H,2-3,9-10H2,1H3,(H,22,25). The van der Waals surface area contributed by atoms with Crippen LogP contribution in [0.1, 0.15) is 24.2 Å². The van der Waals surface area contributed by atoms with Crippen molar-refractivity contribution in [2.75, 3.05) is 17.6 Å². The molecular weight excluding hydrogens is 407 g/mol. The van der Waals surface area contributed by atoms with Gasteiger partial charge in [0, 0.05) is 11.4 Å². The number of hydrogen-bond donors (Lipinski definition) is 1. The molecular formula is C18H18F3N5S2. The molecule has 0 bridgehead atoms. The molecule has 0 atom stereocenters. The van der Waals surface area contributed by atoms with E-state index >= 15 is 0 Å². The number of unbranched alkanes of at least 4 members (excludes halogenated alkanes) is 1. The van der Waals surface area contributed by atoms with E-state index in [-0.39, 0.29) is 0 Å². The average molecular weight is 426 g/mol. The predicted octanol–water partition coefficient (Wildman–Crippen LogP) is 5.31. The van der Waals surface area contributed by atoms with Crippen LogP contribution in [0.15, 0.2) is 41.3 Å². The summed E-state index contributed by atoms with van der Waals surface area (Å²) in [6, 6.07) is 9.12. The van der Waals surface area contributed by atoms with Crippen molar-refractivity contribution in [2.24, 2.45) is 0 Å². The molecule has 148 valence electrons. The van der Waals surface area contributed by atoms with Crippen molar-refractivity contribution in [2.45, 2.75) is 30.8 Å². The highest BCUT2D eigenvalue weighted by Crippen LogP contribution is 2.32. The maximum absolute atomic E-state index is 12.7. The molecule has 1 N–H and O–H groups in total. The van der Waals surface area contributed by atoms with E-state index in [2.05, 4.69) is 24.9 Å². The zero-order valence-electron chi connectivity index (χ0n) is 15.0. The molecule has 3 rings (SSSR count). The molecule has 0 fully saturated rings. The fourth-order valence-electron chi connectivity index (χ4n) is 2.34. The second-order valence-electron chi connectivity index (χ2n) is 5.96. The molecule has 5 nitrogen and oxygen atoms in total. The highest BCUT2D eigenvalue weighted by molar-refractivity contribution is 7.99. The molecule has 2 aromatic heterocycles. The molecule has 3 aromatic rings. The van der Waals surface area contributed by atoms with Gasteiger partial charge < -0.3 is 5.32 Å². The molecule has 0 aliphatic rings. The maximum atomic E-state index is 12.7. The molecule has 0 amide bonds. The molecule has 1 aromatic carbocycles. The topological polar surface area (TPSA) is 63.6 Å². The van der Waals surface area contributed by atoms with Crippen molar-refractivity contribution in [3.8, 4) is 10.7 Å². The fraction of sp³-hybridized carbons (Fsp3) is 0.333. The number of nitrogens with zero attached hydrogens (tertiary/aromatic N) is 4. The van der Waals surface area contributed by atoms with Crippen LogP contribution in [0.4, 0.5) is 19.0 Å². The van der Waals surface area contributed by atoms with E-state index in [0.717, 1.165) is 36.2 Å². The summed E-state index contributed by atoms with van der Waals surface area (Å²) in [6.45, 7) is 2.55. The zero-order valence-corrected chi connectivity index (χ0v) is 16.7. The van der Waals surface area contributed by atoms with Gasteiger partial charge in [0.25, 0.3) is 0 Å². The number of anilines is 1. The number of hydrogen-bond acceptors (Lipinski definition) is 7. The molecule has 28 heavy (non-hydrogen) atoms. The third-order valence-corrected chi connectivity index (χ3v) is 5.63. The zero-order chi connectivity index (χ0) is 20.0. The number of rotatable bonds is 8. The van der Waals surface area contributed by atoms with Crippen molar-refractivity contribution in [1.29, 1.82) is 0 Å². The van der Waals surface area contributed by atoms with Gasteiger partial charge in [-0.25, -0.2) is 4.98 Å². The Hall–Kier alpha value is -2.20. The van der Waals surface area contributed by atoms with Gasteiger partial charge in [0.2, 0.25) is 0 Å². The number of alkyl halides is 3. The second kappa shape index (κ2) is 9.33. The lowest BCUT2D eigenvalue weighted by molar-refractivity contribution is -0.137. The minimum atomic E-state index is -4.30. The summed E-state index contributed by atoms with van der Waals surface area (Å²) in [5.41, 5.74) is 0.0820. The molecule has 0 saturated carbocycles. The van der Waals surface area contributed by atoms with Crippen molar-refractivity contribution < 1.29 is 13.2 Å². The quantitative estimate of drug-likeness (QED) is 0.390. The molecule has 0 saturated heterocycles. The summed E-state index contributed by atoms with van der Waals surface area (Å²) in [4.78, 5) is 4.91. The average Bonchev–Trinajstić information content (AvgIpc) is 3.11. The first kappa shape index (κ1) is 20.5. The summed E-state index contributed by atoms with van der Waals surface area (Å²) in [5.74, 6) is 2.15. The minimum Gasteiger partial charge on any atom is -0.369 e. The maximum Gasteiger partial charge on any atom is 0.416 e. The lowest BCUT2D eigenvalue weighted by atomic mass is 10.2. The second-order valence-corrected chi connectivity index (χ2v) is 7.88. The van der Waals surface area contributed by atoms with E-state index in [1.165, 1.54) is 35.4 Å². The molecule has 2 heterocycles. The number of aromatic nitrogens is 4. The van der Waals surface area contributed by atoms with Crippen LogP contribution in [-0.2, 0) is 6.18 Å². The number of nitrogens with one attached hydrogen (secondary N) is 1. The van der Waals surface area contributed by atoms with Crippen LogP contribution in [-0.4, -0.2) is 31.9 Å². The predicted molar refractivity (Wildman–Crippen MR) is 106 cm³/mol. The van der Waals surface area contributed by atoms with Crippen molar-refractivity contribution >= 4 is 29.1 Å². The summed E-state index contributed by atoms with van der Waals surface area (Å²) >= 11 is 2.72. The first-order chi connectivity index (χ1) is 13.4. The van der Waals surface area contributed by atoms with Crippen molar-refractivity contribution in [1.82, 2.24) is 19.6 Å². The van der Waals surface area contributed by atoms with Gasteiger partial charge in [0.1, 0.15) is 17.3 Å². The fourth-order valence-corrected chi connectivity index (χ4v) is 3.94. The van der Waals surface area contributed by atoms with Crippen LogP contribution < -0.4 is 5.32 Å². The third kappa shape index (κ3) is 5.90. The summed E-state index contributed by atoms with van der Waals surface area (Å²) in [6.07, 6.45) is -2.54. The molecule has 0 aliphatic carbocycles. The summed E-state index contributed by atoms with van der Waals surface area (Å²) in [7, 11) is 0. The largest absolute Gasteiger partial charge is 0.416 e. The van der Waals surface area contributed by atoms with Crippen LogP contribution in [0.3, 0.4) is 0 Å². The van der Waals surface area contributed by atoms with Crippen LogP contribution in [0.5, 0.6) is 0 Å². The van der Waals surface area contributed by atoms with Crippen molar-refractivity contribution in [3.05, 3.63) is 47.8 Å². The smallest absolute Gasteiger partial charge is 0.369 e. The highest BCUT2D eigenvalue weighted by atomic mass is 32.2. The Bertz CT molecular complexity index is 897. The van der Waals surface area contributed by atoms with E-state index < -0.39 is 11.7 Å². The van der Waals surface area contributed by atoms with E-state index in [0.29, 0.717) is 22.2 Å². The van der Waals surface area contributed by atoms with Crippen molar-refractivity contribution in [3.63, 3.8) is 0 Å². The lowest BCUT2D eigenvalue weighted by Crippen LogP contribution is -2.05. The van der Waals surface area contributed by atoms with Gasteiger partial charge in [-0.2, -0.15) is 17.5 Å². The normalized spacial score (nSPS) is 11.6. The Kier molecular flexibility index (Phi) is 6.84. The van der Waals surface area contributed by atoms with Crippen LogP contribution >= 0.6 is 23.3 Å². The summed E-state index contributed by atoms with van der Waals surface area (Å²) in [5, 5.41) is 12.2. The number of aryl methyl sites for hydroxylation is 1. The Morgan fingerprint density at radius 3 is 2.64 bits per heavy atom. The monoisotopic (exact) mass is 425 g/mol. The Morgan fingerprint density at radius 2 is 1.96 bits per heavy atom. The third-order valence-electron chi connectivity index (χ3n) is 3.72. The molecule has 10 heteroatoms. The molecule has 0 aliphatic heterocycles. The van der Waals surface area contributed by atoms with E-state index in [1.54, 1.807) is 6.07 Å².